The minimum Gasteiger partial charge on any atom is -0.466 e. The highest BCUT2D eigenvalue weighted by Crippen LogP contribution is 1.87. The first kappa shape index (κ1) is 15.6. The minimum absolute atomic E-state index is 0.203. The van der Waals surface area contributed by atoms with Crippen molar-refractivity contribution in [1.82, 2.24) is 0 Å². The van der Waals surface area contributed by atoms with Crippen molar-refractivity contribution in [1.29, 1.82) is 0 Å². The standard InChI is InChI=1S/C5H9BrO2.C2H8O2Si/c1-5(7)8-4-2-3-6;1-3-5-4-2/h2-4H2,1H3;5H2,1-2H3. The second-order valence-corrected chi connectivity index (χ2v) is 4.26. The molecule has 0 aliphatic carbocycles. The van der Waals surface area contributed by atoms with E-state index < -0.39 is 10.0 Å². The van der Waals surface area contributed by atoms with Gasteiger partial charge in [0.05, 0.1) is 6.61 Å². The summed E-state index contributed by atoms with van der Waals surface area (Å²) in [5.74, 6) is -0.203. The van der Waals surface area contributed by atoms with Crippen LogP contribution in [0.15, 0.2) is 0 Å². The van der Waals surface area contributed by atoms with E-state index in [1.165, 1.54) is 6.92 Å². The van der Waals surface area contributed by atoms with E-state index in [4.69, 9.17) is 0 Å². The highest BCUT2D eigenvalue weighted by Gasteiger charge is 1.88. The van der Waals surface area contributed by atoms with Crippen molar-refractivity contribution in [3.05, 3.63) is 0 Å². The van der Waals surface area contributed by atoms with Gasteiger partial charge in [-0.05, 0) is 6.42 Å². The minimum atomic E-state index is -0.568. The Kier molecular flexibility index (Phi) is 17.5. The summed E-state index contributed by atoms with van der Waals surface area (Å²) in [5, 5.41) is 0.889. The molecule has 0 atom stereocenters. The van der Waals surface area contributed by atoms with Gasteiger partial charge in [-0.3, -0.25) is 4.79 Å². The van der Waals surface area contributed by atoms with Crippen LogP contribution in [0.3, 0.4) is 0 Å². The van der Waals surface area contributed by atoms with Crippen molar-refractivity contribution >= 4 is 31.9 Å². The maximum atomic E-state index is 10.1. The summed E-state index contributed by atoms with van der Waals surface area (Å²) >= 11 is 3.21. The van der Waals surface area contributed by atoms with Gasteiger partial charge in [-0.25, -0.2) is 0 Å². The first-order valence-electron chi connectivity index (χ1n) is 3.86. The lowest BCUT2D eigenvalue weighted by molar-refractivity contribution is -0.140. The summed E-state index contributed by atoms with van der Waals surface area (Å²) < 4.78 is 13.8. The molecule has 0 aliphatic rings. The Morgan fingerprint density at radius 1 is 1.38 bits per heavy atom. The Morgan fingerprint density at radius 2 is 1.92 bits per heavy atom. The van der Waals surface area contributed by atoms with Crippen molar-refractivity contribution in [2.24, 2.45) is 0 Å². The van der Waals surface area contributed by atoms with Gasteiger partial charge in [0.2, 0.25) is 0 Å². The molecule has 0 aromatic carbocycles. The van der Waals surface area contributed by atoms with Crippen LogP contribution in [0.4, 0.5) is 0 Å². The van der Waals surface area contributed by atoms with Crippen LogP contribution in [0.25, 0.3) is 0 Å². The molecule has 0 saturated carbocycles. The van der Waals surface area contributed by atoms with E-state index in [0.717, 1.165) is 11.8 Å². The lowest BCUT2D eigenvalue weighted by atomic mass is 10.5. The average Bonchev–Trinajstić information content (AvgIpc) is 2.07. The fourth-order valence-corrected chi connectivity index (χ4v) is 0.853. The maximum absolute atomic E-state index is 10.1. The van der Waals surface area contributed by atoms with Crippen LogP contribution < -0.4 is 0 Å². The SMILES string of the molecule is CC(=O)OCCCBr.CO[SiH2]OC. The van der Waals surface area contributed by atoms with E-state index in [0.29, 0.717) is 6.61 Å². The molecular formula is C7H17BrO4Si. The van der Waals surface area contributed by atoms with Gasteiger partial charge in [0.1, 0.15) is 0 Å². The number of carbonyl (C=O) groups excluding carboxylic acids is 1. The van der Waals surface area contributed by atoms with Gasteiger partial charge in [-0.2, -0.15) is 0 Å². The van der Waals surface area contributed by atoms with Crippen molar-refractivity contribution < 1.29 is 18.4 Å². The van der Waals surface area contributed by atoms with Gasteiger partial charge in [0.15, 0.2) is 0 Å². The van der Waals surface area contributed by atoms with E-state index in [1.54, 1.807) is 14.2 Å². The summed E-state index contributed by atoms with van der Waals surface area (Å²) in [6, 6.07) is 0. The second-order valence-electron chi connectivity index (χ2n) is 2.08. The molecule has 4 nitrogen and oxygen atoms in total. The van der Waals surface area contributed by atoms with Gasteiger partial charge in [0, 0.05) is 26.5 Å². The summed E-state index contributed by atoms with van der Waals surface area (Å²) in [7, 11) is 2.73. The highest BCUT2D eigenvalue weighted by atomic mass is 79.9. The van der Waals surface area contributed by atoms with Gasteiger partial charge in [0.25, 0.3) is 0 Å². The molecule has 80 valence electrons. The van der Waals surface area contributed by atoms with Gasteiger partial charge in [-0.15, -0.1) is 0 Å². The van der Waals surface area contributed by atoms with Crippen molar-refractivity contribution in [3.8, 4) is 0 Å². The molecule has 0 N–H and O–H groups in total. The number of alkyl halides is 1. The molecule has 6 heteroatoms. The quantitative estimate of drug-likeness (QED) is 0.319. The van der Waals surface area contributed by atoms with E-state index in [2.05, 4.69) is 29.5 Å². The Bertz CT molecular complexity index is 111. The Balaban J connectivity index is 0. The van der Waals surface area contributed by atoms with E-state index in [1.807, 2.05) is 0 Å². The third-order valence-corrected chi connectivity index (χ3v) is 1.85. The van der Waals surface area contributed by atoms with Crippen molar-refractivity contribution in [2.75, 3.05) is 26.2 Å². The molecule has 13 heavy (non-hydrogen) atoms. The van der Waals surface area contributed by atoms with E-state index >= 15 is 0 Å². The van der Waals surface area contributed by atoms with Crippen LogP contribution in [-0.2, 0) is 18.4 Å². The molecule has 0 spiro atoms. The van der Waals surface area contributed by atoms with Crippen LogP contribution in [0, 0.1) is 0 Å². The molecule has 0 unspecified atom stereocenters. The third kappa shape index (κ3) is 24.5. The summed E-state index contributed by atoms with van der Waals surface area (Å²) in [5.41, 5.74) is 0. The molecule has 0 amide bonds. The number of ether oxygens (including phenoxy) is 1. The van der Waals surface area contributed by atoms with Crippen LogP contribution in [0.1, 0.15) is 13.3 Å². The summed E-state index contributed by atoms with van der Waals surface area (Å²) in [6.45, 7) is 1.94. The number of hydrogen-bond acceptors (Lipinski definition) is 4. The molecule has 0 bridgehead atoms. The van der Waals surface area contributed by atoms with Crippen LogP contribution in [0.5, 0.6) is 0 Å². The van der Waals surface area contributed by atoms with E-state index in [-0.39, 0.29) is 5.97 Å². The lowest BCUT2D eigenvalue weighted by Crippen LogP contribution is -2.00. The Morgan fingerprint density at radius 3 is 2.15 bits per heavy atom. The summed E-state index contributed by atoms with van der Waals surface area (Å²) in [4.78, 5) is 10.1. The zero-order chi connectivity index (χ0) is 10.5. The number of carbonyl (C=O) groups is 1. The molecule has 0 rings (SSSR count). The van der Waals surface area contributed by atoms with Gasteiger partial charge < -0.3 is 13.6 Å². The molecule has 0 aliphatic heterocycles. The topological polar surface area (TPSA) is 44.8 Å². The fourth-order valence-electron chi connectivity index (χ4n) is 0.388. The largest absolute Gasteiger partial charge is 0.466 e. The average molecular weight is 273 g/mol. The summed E-state index contributed by atoms with van der Waals surface area (Å²) in [6.07, 6.45) is 0.888. The van der Waals surface area contributed by atoms with Crippen LogP contribution in [-0.4, -0.2) is 42.1 Å². The Labute approximate surface area is 90.1 Å². The fraction of sp³-hybridized carbons (Fsp3) is 0.857. The molecule has 0 heterocycles. The molecule has 0 fully saturated rings. The van der Waals surface area contributed by atoms with E-state index in [9.17, 15) is 4.79 Å². The molecule has 0 aromatic rings. The maximum Gasteiger partial charge on any atom is 0.303 e. The highest BCUT2D eigenvalue weighted by molar-refractivity contribution is 9.09. The smallest absolute Gasteiger partial charge is 0.303 e. The van der Waals surface area contributed by atoms with Crippen molar-refractivity contribution in [2.45, 2.75) is 13.3 Å². The predicted molar refractivity (Wildman–Crippen MR) is 57.6 cm³/mol. The van der Waals surface area contributed by atoms with Crippen LogP contribution >= 0.6 is 15.9 Å². The van der Waals surface area contributed by atoms with Crippen molar-refractivity contribution in [3.63, 3.8) is 0 Å². The monoisotopic (exact) mass is 272 g/mol. The number of rotatable bonds is 5. The van der Waals surface area contributed by atoms with Gasteiger partial charge in [-0.1, -0.05) is 15.9 Å². The second kappa shape index (κ2) is 14.6. The number of halogens is 1. The first-order chi connectivity index (χ1) is 6.18. The molecule has 0 saturated heterocycles. The van der Waals surface area contributed by atoms with Gasteiger partial charge >= 0.3 is 16.0 Å². The number of esters is 1. The third-order valence-electron chi connectivity index (χ3n) is 0.819. The van der Waals surface area contributed by atoms with Crippen LogP contribution in [0.2, 0.25) is 0 Å². The molecule has 0 aromatic heterocycles. The zero-order valence-electron chi connectivity index (χ0n) is 8.34. The zero-order valence-corrected chi connectivity index (χ0v) is 11.3. The Hall–Kier alpha value is 0.0869. The lowest BCUT2D eigenvalue weighted by Gasteiger charge is -1.95. The first-order valence-corrected chi connectivity index (χ1v) is 6.13. The molecular weight excluding hydrogens is 256 g/mol. The molecule has 0 radical (unpaired) electrons. The predicted octanol–water partition coefficient (Wildman–Crippen LogP) is 0.613. The normalized spacial score (nSPS) is 8.62. The number of hydrogen-bond donors (Lipinski definition) is 0.